The van der Waals surface area contributed by atoms with E-state index in [1.807, 2.05) is 0 Å². The van der Waals surface area contributed by atoms with Gasteiger partial charge in [-0.2, -0.15) is 0 Å². The van der Waals surface area contributed by atoms with Crippen molar-refractivity contribution in [1.29, 1.82) is 0 Å². The highest BCUT2D eigenvalue weighted by molar-refractivity contribution is 8.33. The van der Waals surface area contributed by atoms with Crippen LogP contribution in [0.3, 0.4) is 0 Å². The van der Waals surface area contributed by atoms with Crippen LogP contribution in [0.4, 0.5) is 4.79 Å². The lowest BCUT2D eigenvalue weighted by Crippen LogP contribution is -2.40. The number of hydrogen-bond acceptors (Lipinski definition) is 4. The highest BCUT2D eigenvalue weighted by Gasteiger charge is 2.30. The molecule has 1 rings (SSSR count). The molecule has 0 fully saturated rings. The third kappa shape index (κ3) is 4.66. The van der Waals surface area contributed by atoms with Gasteiger partial charge >= 0.3 is 12.1 Å². The van der Waals surface area contributed by atoms with Crippen molar-refractivity contribution in [2.24, 2.45) is 0 Å². The van der Waals surface area contributed by atoms with Crippen molar-refractivity contribution in [3.63, 3.8) is 0 Å². The number of rotatable bonds is 3. The molecule has 0 aromatic rings. The van der Waals surface area contributed by atoms with Crippen molar-refractivity contribution >= 4 is 22.5 Å². The summed E-state index contributed by atoms with van der Waals surface area (Å²) in [5, 5.41) is 10.6. The van der Waals surface area contributed by atoms with Crippen LogP contribution in [-0.2, 0) is 9.53 Å². The number of nitrogens with one attached hydrogen (secondary N) is 2. The van der Waals surface area contributed by atoms with Crippen LogP contribution in [0.25, 0.3) is 0 Å². The first-order valence-electron chi connectivity index (χ1n) is 5.17. The molecule has 1 atom stereocenters. The van der Waals surface area contributed by atoms with E-state index >= 15 is 0 Å². The molecule has 6 nitrogen and oxygen atoms in total. The molecule has 98 valence electrons. The number of carbonyl (C=O) groups excluding carboxylic acids is 1. The highest BCUT2D eigenvalue weighted by Crippen LogP contribution is 2.43. The van der Waals surface area contributed by atoms with Gasteiger partial charge in [-0.25, -0.2) is 4.79 Å². The van der Waals surface area contributed by atoms with Crippen LogP contribution < -0.4 is 9.44 Å². The van der Waals surface area contributed by atoms with Crippen LogP contribution in [0, 0.1) is 0 Å². The molecule has 0 bridgehead atoms. The Bertz CT molecular complexity index is 351. The molecule has 0 saturated carbocycles. The van der Waals surface area contributed by atoms with Gasteiger partial charge in [0.05, 0.1) is 0 Å². The third-order valence-electron chi connectivity index (χ3n) is 1.80. The molecule has 1 unspecified atom stereocenters. The van der Waals surface area contributed by atoms with Gasteiger partial charge in [0.25, 0.3) is 0 Å². The molecule has 17 heavy (non-hydrogen) atoms. The fourth-order valence-corrected chi connectivity index (χ4v) is 3.36. The maximum Gasteiger partial charge on any atom is 0.417 e. The molecule has 0 spiro atoms. The summed E-state index contributed by atoms with van der Waals surface area (Å²) in [6.07, 6.45) is 1.20. The maximum atomic E-state index is 11.6. The normalized spacial score (nSPS) is 27.2. The minimum atomic E-state index is -1.99. The van der Waals surface area contributed by atoms with Crippen LogP contribution in [0.5, 0.6) is 0 Å². The summed E-state index contributed by atoms with van der Waals surface area (Å²) in [6, 6.07) is 0. The van der Waals surface area contributed by atoms with Gasteiger partial charge in [-0.05, 0) is 26.2 Å². The van der Waals surface area contributed by atoms with Crippen LogP contribution in [0.2, 0.25) is 0 Å². The first-order valence-corrected chi connectivity index (χ1v) is 7.04. The standard InChI is InChI=1S/C10H18N2O4S/c1-10(2,3)16-9(15)12-17(7-8(13)14)6-4-5-11-17/h4,6,11H,5,7H2,1-3H3,(H,12,15)(H,13,14). The molecule has 0 radical (unpaired) electrons. The number of carboxylic acids is 1. The predicted molar refractivity (Wildman–Crippen MR) is 66.6 cm³/mol. The largest absolute Gasteiger partial charge is 0.481 e. The Kier molecular flexibility index (Phi) is 4.05. The van der Waals surface area contributed by atoms with E-state index in [0.29, 0.717) is 6.54 Å². The molecule has 1 aliphatic rings. The Morgan fingerprint density at radius 2 is 2.18 bits per heavy atom. The summed E-state index contributed by atoms with van der Waals surface area (Å²) in [4.78, 5) is 22.4. The minimum Gasteiger partial charge on any atom is -0.481 e. The molecular weight excluding hydrogens is 244 g/mol. The quantitative estimate of drug-likeness (QED) is 0.714. The summed E-state index contributed by atoms with van der Waals surface area (Å²) in [6.45, 7) is 5.81. The molecular formula is C10H18N2O4S. The van der Waals surface area contributed by atoms with Crippen molar-refractivity contribution in [3.8, 4) is 0 Å². The zero-order valence-electron chi connectivity index (χ0n) is 10.1. The predicted octanol–water partition coefficient (Wildman–Crippen LogP) is 1.35. The summed E-state index contributed by atoms with van der Waals surface area (Å²) in [5.74, 6) is -1.11. The van der Waals surface area contributed by atoms with Crippen LogP contribution >= 0.6 is 10.4 Å². The van der Waals surface area contributed by atoms with E-state index in [-0.39, 0.29) is 5.75 Å². The van der Waals surface area contributed by atoms with Crippen molar-refractivity contribution in [2.75, 3.05) is 12.3 Å². The van der Waals surface area contributed by atoms with E-state index in [1.54, 1.807) is 32.3 Å². The first-order chi connectivity index (χ1) is 7.72. The highest BCUT2D eigenvalue weighted by atomic mass is 32.3. The average Bonchev–Trinajstić information content (AvgIpc) is 2.47. The lowest BCUT2D eigenvalue weighted by atomic mass is 10.2. The first kappa shape index (κ1) is 13.9. The molecule has 0 aliphatic carbocycles. The molecule has 3 N–H and O–H groups in total. The van der Waals surface area contributed by atoms with Gasteiger partial charge in [-0.3, -0.25) is 14.2 Å². The summed E-state index contributed by atoms with van der Waals surface area (Å²) >= 11 is 0. The van der Waals surface area contributed by atoms with Crippen LogP contribution in [0.1, 0.15) is 20.8 Å². The fourth-order valence-electron chi connectivity index (χ4n) is 1.31. The lowest BCUT2D eigenvalue weighted by molar-refractivity contribution is -0.133. The molecule has 1 amide bonds. The van der Waals surface area contributed by atoms with Crippen molar-refractivity contribution in [2.45, 2.75) is 26.4 Å². The molecule has 7 heteroatoms. The average molecular weight is 262 g/mol. The second kappa shape index (κ2) is 4.97. The number of aliphatic carboxylic acids is 1. The monoisotopic (exact) mass is 262 g/mol. The van der Waals surface area contributed by atoms with E-state index in [2.05, 4.69) is 9.44 Å². The number of amides is 1. The van der Waals surface area contributed by atoms with Crippen molar-refractivity contribution < 1.29 is 19.4 Å². The third-order valence-corrected chi connectivity index (χ3v) is 4.37. The molecule has 0 saturated heterocycles. The Labute approximate surface area is 102 Å². The van der Waals surface area contributed by atoms with Gasteiger partial charge in [0.2, 0.25) is 0 Å². The van der Waals surface area contributed by atoms with Crippen LogP contribution in [-0.4, -0.2) is 35.1 Å². The van der Waals surface area contributed by atoms with E-state index in [1.165, 1.54) is 0 Å². The molecule has 0 aromatic heterocycles. The van der Waals surface area contributed by atoms with Gasteiger partial charge in [0, 0.05) is 6.54 Å². The number of carboxylic acid groups (broad SMARTS) is 1. The Morgan fingerprint density at radius 1 is 1.53 bits per heavy atom. The Hall–Kier alpha value is -1.21. The maximum absolute atomic E-state index is 11.6. The molecule has 0 aromatic carbocycles. The van der Waals surface area contributed by atoms with Gasteiger partial charge in [0.1, 0.15) is 11.4 Å². The second-order valence-electron chi connectivity index (χ2n) is 4.66. The number of ether oxygens (including phenoxy) is 1. The Balaban J connectivity index is 2.65. The van der Waals surface area contributed by atoms with Crippen molar-refractivity contribution in [1.82, 2.24) is 9.44 Å². The zero-order valence-corrected chi connectivity index (χ0v) is 11.0. The SMILES string of the molecule is CC(C)(C)OC(=O)NS1(CC(=O)O)C=CCN1. The summed E-state index contributed by atoms with van der Waals surface area (Å²) in [7, 11) is -1.99. The van der Waals surface area contributed by atoms with Gasteiger partial charge < -0.3 is 9.84 Å². The van der Waals surface area contributed by atoms with Gasteiger partial charge in [-0.1, -0.05) is 16.5 Å². The van der Waals surface area contributed by atoms with Crippen LogP contribution in [0.15, 0.2) is 11.5 Å². The van der Waals surface area contributed by atoms with E-state index in [0.717, 1.165) is 0 Å². The molecule has 1 aliphatic heterocycles. The summed E-state index contributed by atoms with van der Waals surface area (Å²) in [5.41, 5.74) is -0.601. The fraction of sp³-hybridized carbons (Fsp3) is 0.600. The van der Waals surface area contributed by atoms with E-state index in [4.69, 9.17) is 9.84 Å². The molecule has 1 heterocycles. The Morgan fingerprint density at radius 3 is 2.59 bits per heavy atom. The van der Waals surface area contributed by atoms with E-state index < -0.39 is 28.1 Å². The second-order valence-corrected chi connectivity index (χ2v) is 7.30. The number of carbonyl (C=O) groups is 2. The topological polar surface area (TPSA) is 87.7 Å². The zero-order chi connectivity index (χ0) is 13.1. The minimum absolute atomic E-state index is 0.150. The van der Waals surface area contributed by atoms with Crippen molar-refractivity contribution in [3.05, 3.63) is 11.5 Å². The van der Waals surface area contributed by atoms with Gasteiger partial charge in [-0.15, -0.1) is 0 Å². The lowest BCUT2D eigenvalue weighted by Gasteiger charge is -2.34. The van der Waals surface area contributed by atoms with Gasteiger partial charge in [0.15, 0.2) is 0 Å². The smallest absolute Gasteiger partial charge is 0.417 e. The summed E-state index contributed by atoms with van der Waals surface area (Å²) < 4.78 is 10.7. The van der Waals surface area contributed by atoms with E-state index in [9.17, 15) is 9.59 Å². The number of hydrogen-bond donors (Lipinski definition) is 3.